The monoisotopic (exact) mass is 553 g/mol. The van der Waals surface area contributed by atoms with Crippen molar-refractivity contribution in [3.63, 3.8) is 0 Å². The molecule has 3 aromatic carbocycles. The molecule has 0 aliphatic heterocycles. The average molecular weight is 554 g/mol. The third-order valence-corrected chi connectivity index (χ3v) is 5.54. The molecule has 214 valence electrons. The van der Waals surface area contributed by atoms with E-state index >= 15 is 0 Å². The molecule has 3 N–H and O–H groups in total. The second kappa shape index (κ2) is 14.8. The Kier molecular flexibility index (Phi) is 11.2. The highest BCUT2D eigenvalue weighted by molar-refractivity contribution is 5.94. The van der Waals surface area contributed by atoms with E-state index in [2.05, 4.69) is 0 Å². The zero-order chi connectivity index (χ0) is 29.1. The van der Waals surface area contributed by atoms with Crippen molar-refractivity contribution in [3.05, 3.63) is 71.3 Å². The fourth-order valence-electron chi connectivity index (χ4n) is 3.71. The van der Waals surface area contributed by atoms with Crippen molar-refractivity contribution >= 4 is 11.9 Å². The summed E-state index contributed by atoms with van der Waals surface area (Å²) in [5, 5.41) is 10.3. The van der Waals surface area contributed by atoms with Crippen molar-refractivity contribution in [2.75, 3.05) is 33.0 Å². The standard InChI is InChI=1S/C30H35NO9/c1-5-35-23-12-10-20(16-26(23)37-7-3)29(33)39-25-14-9-19(22(32)18-31)15-28(25)40-30(34)21-11-13-24(36-6-2)27(17-21)38-8-4/h9-17,22,32H,5-8,18,31H2,1-4H3. The van der Waals surface area contributed by atoms with E-state index in [1.165, 1.54) is 36.4 Å². The van der Waals surface area contributed by atoms with E-state index in [1.807, 2.05) is 27.7 Å². The van der Waals surface area contributed by atoms with Crippen LogP contribution in [-0.4, -0.2) is 50.0 Å². The van der Waals surface area contributed by atoms with Gasteiger partial charge in [0.1, 0.15) is 0 Å². The van der Waals surface area contributed by atoms with Gasteiger partial charge in [0.2, 0.25) is 0 Å². The molecule has 10 heteroatoms. The number of carbonyl (C=O) groups is 2. The van der Waals surface area contributed by atoms with Gasteiger partial charge in [-0.15, -0.1) is 0 Å². The molecule has 1 unspecified atom stereocenters. The fourth-order valence-corrected chi connectivity index (χ4v) is 3.71. The van der Waals surface area contributed by atoms with Crippen LogP contribution in [0.25, 0.3) is 0 Å². The molecular weight excluding hydrogens is 518 g/mol. The molecule has 0 radical (unpaired) electrons. The van der Waals surface area contributed by atoms with E-state index in [4.69, 9.17) is 34.2 Å². The van der Waals surface area contributed by atoms with E-state index in [0.29, 0.717) is 55.0 Å². The predicted octanol–water partition coefficient (Wildman–Crippen LogP) is 4.71. The molecule has 10 nitrogen and oxygen atoms in total. The lowest BCUT2D eigenvalue weighted by Gasteiger charge is -2.16. The van der Waals surface area contributed by atoms with Gasteiger partial charge in [-0.3, -0.25) is 0 Å². The lowest BCUT2D eigenvalue weighted by Crippen LogP contribution is -2.15. The molecule has 0 saturated heterocycles. The maximum atomic E-state index is 13.1. The molecule has 0 bridgehead atoms. The number of esters is 2. The van der Waals surface area contributed by atoms with Crippen molar-refractivity contribution in [2.45, 2.75) is 33.8 Å². The van der Waals surface area contributed by atoms with Crippen molar-refractivity contribution < 1.29 is 43.1 Å². The summed E-state index contributed by atoms with van der Waals surface area (Å²) in [6, 6.07) is 13.7. The Morgan fingerprint density at radius 2 is 1.05 bits per heavy atom. The summed E-state index contributed by atoms with van der Waals surface area (Å²) in [5.74, 6) is 0.211. The highest BCUT2D eigenvalue weighted by Gasteiger charge is 2.21. The van der Waals surface area contributed by atoms with Crippen LogP contribution in [0.2, 0.25) is 0 Å². The minimum Gasteiger partial charge on any atom is -0.490 e. The van der Waals surface area contributed by atoms with Gasteiger partial charge in [0.05, 0.1) is 43.7 Å². The quantitative estimate of drug-likeness (QED) is 0.213. The minimum atomic E-state index is -1.02. The molecule has 3 rings (SSSR count). The third-order valence-electron chi connectivity index (χ3n) is 5.54. The van der Waals surface area contributed by atoms with Gasteiger partial charge in [0.15, 0.2) is 34.5 Å². The molecule has 0 aliphatic rings. The number of benzene rings is 3. The van der Waals surface area contributed by atoms with Crippen LogP contribution in [0.4, 0.5) is 0 Å². The van der Waals surface area contributed by atoms with Crippen molar-refractivity contribution in [2.24, 2.45) is 5.73 Å². The number of aliphatic hydroxyl groups excluding tert-OH is 1. The maximum absolute atomic E-state index is 13.1. The van der Waals surface area contributed by atoms with E-state index < -0.39 is 18.0 Å². The molecule has 0 amide bonds. The largest absolute Gasteiger partial charge is 0.490 e. The summed E-state index contributed by atoms with van der Waals surface area (Å²) in [7, 11) is 0. The highest BCUT2D eigenvalue weighted by atomic mass is 16.6. The van der Waals surface area contributed by atoms with Crippen LogP contribution < -0.4 is 34.2 Å². The Morgan fingerprint density at radius 1 is 0.625 bits per heavy atom. The molecular formula is C30H35NO9. The van der Waals surface area contributed by atoms with E-state index in [9.17, 15) is 14.7 Å². The van der Waals surface area contributed by atoms with Crippen LogP contribution in [0.1, 0.15) is 60.1 Å². The fraction of sp³-hybridized carbons (Fsp3) is 0.333. The van der Waals surface area contributed by atoms with Crippen molar-refractivity contribution in [1.29, 1.82) is 0 Å². The van der Waals surface area contributed by atoms with Gasteiger partial charge in [-0.2, -0.15) is 0 Å². The Balaban J connectivity index is 1.92. The molecule has 0 spiro atoms. The van der Waals surface area contributed by atoms with Gasteiger partial charge in [-0.05, 0) is 81.8 Å². The Morgan fingerprint density at radius 3 is 1.50 bits per heavy atom. The zero-order valence-corrected chi connectivity index (χ0v) is 23.1. The molecule has 0 aliphatic carbocycles. The number of rotatable bonds is 14. The van der Waals surface area contributed by atoms with E-state index in [-0.39, 0.29) is 29.2 Å². The van der Waals surface area contributed by atoms with Crippen LogP contribution in [0.15, 0.2) is 54.6 Å². The van der Waals surface area contributed by atoms with Gasteiger partial charge in [0, 0.05) is 6.54 Å². The van der Waals surface area contributed by atoms with Gasteiger partial charge >= 0.3 is 11.9 Å². The van der Waals surface area contributed by atoms with E-state index in [1.54, 1.807) is 18.2 Å². The smallest absolute Gasteiger partial charge is 0.343 e. The Hall–Kier alpha value is -4.28. The first-order chi connectivity index (χ1) is 19.3. The number of hydrogen-bond acceptors (Lipinski definition) is 10. The first-order valence-corrected chi connectivity index (χ1v) is 13.1. The molecule has 0 fully saturated rings. The first kappa shape index (κ1) is 30.3. The zero-order valence-electron chi connectivity index (χ0n) is 23.1. The van der Waals surface area contributed by atoms with Gasteiger partial charge in [-0.1, -0.05) is 6.07 Å². The summed E-state index contributed by atoms with van der Waals surface area (Å²) in [5.41, 5.74) is 6.37. The summed E-state index contributed by atoms with van der Waals surface area (Å²) in [6.07, 6.45) is -1.02. The van der Waals surface area contributed by atoms with Gasteiger partial charge in [0.25, 0.3) is 0 Å². The predicted molar refractivity (Wildman–Crippen MR) is 148 cm³/mol. The Bertz CT molecular complexity index is 1310. The normalized spacial score (nSPS) is 11.3. The van der Waals surface area contributed by atoms with Gasteiger partial charge < -0.3 is 39.3 Å². The van der Waals surface area contributed by atoms with Crippen molar-refractivity contribution in [3.8, 4) is 34.5 Å². The van der Waals surface area contributed by atoms with Crippen LogP contribution >= 0.6 is 0 Å². The number of carbonyl (C=O) groups excluding carboxylic acids is 2. The average Bonchev–Trinajstić information content (AvgIpc) is 2.95. The lowest BCUT2D eigenvalue weighted by atomic mass is 10.1. The molecule has 0 aromatic heterocycles. The summed E-state index contributed by atoms with van der Waals surface area (Å²) in [6.45, 7) is 8.86. The molecule has 1 atom stereocenters. The molecule has 3 aromatic rings. The van der Waals surface area contributed by atoms with Crippen molar-refractivity contribution in [1.82, 2.24) is 0 Å². The highest BCUT2D eigenvalue weighted by Crippen LogP contribution is 2.34. The maximum Gasteiger partial charge on any atom is 0.343 e. The summed E-state index contributed by atoms with van der Waals surface area (Å²) in [4.78, 5) is 26.2. The molecule has 40 heavy (non-hydrogen) atoms. The third kappa shape index (κ3) is 7.64. The number of nitrogens with two attached hydrogens (primary N) is 1. The van der Waals surface area contributed by atoms with E-state index in [0.717, 1.165) is 0 Å². The van der Waals surface area contributed by atoms with Crippen LogP contribution in [0.5, 0.6) is 34.5 Å². The lowest BCUT2D eigenvalue weighted by molar-refractivity contribution is 0.0681. The second-order valence-corrected chi connectivity index (χ2v) is 8.29. The molecule has 0 heterocycles. The number of ether oxygens (including phenoxy) is 6. The van der Waals surface area contributed by atoms with Crippen LogP contribution in [0, 0.1) is 0 Å². The summed E-state index contributed by atoms with van der Waals surface area (Å²) < 4.78 is 33.6. The summed E-state index contributed by atoms with van der Waals surface area (Å²) >= 11 is 0. The van der Waals surface area contributed by atoms with Crippen LogP contribution in [-0.2, 0) is 0 Å². The topological polar surface area (TPSA) is 136 Å². The SMILES string of the molecule is CCOc1ccc(C(=O)Oc2ccc(C(O)CN)cc2OC(=O)c2ccc(OCC)c(OCC)c2)cc1OCC. The molecule has 0 saturated carbocycles. The minimum absolute atomic E-state index is 0.0332. The second-order valence-electron chi connectivity index (χ2n) is 8.29. The Labute approximate surface area is 233 Å². The first-order valence-electron chi connectivity index (χ1n) is 13.1. The van der Waals surface area contributed by atoms with Gasteiger partial charge in [-0.25, -0.2) is 9.59 Å². The number of aliphatic hydroxyl groups is 1. The van der Waals surface area contributed by atoms with Crippen LogP contribution in [0.3, 0.4) is 0 Å². The number of hydrogen-bond donors (Lipinski definition) is 2.